The van der Waals surface area contributed by atoms with Crippen LogP contribution in [0.25, 0.3) is 0 Å². The second-order valence-corrected chi connectivity index (χ2v) is 5.96. The Hall–Kier alpha value is -1.03. The molecule has 0 bridgehead atoms. The van der Waals surface area contributed by atoms with Crippen LogP contribution in [-0.4, -0.2) is 48.8 Å². The summed E-state index contributed by atoms with van der Waals surface area (Å²) in [5.74, 6) is -0.708. The molecule has 0 aliphatic heterocycles. The maximum Gasteiger partial charge on any atom is 0.389 e. The van der Waals surface area contributed by atoms with Crippen LogP contribution in [0.15, 0.2) is 5.16 Å². The molecule has 10 heteroatoms. The maximum atomic E-state index is 11.9. The van der Waals surface area contributed by atoms with E-state index < -0.39 is 34.8 Å². The first-order valence-corrected chi connectivity index (χ1v) is 7.24. The van der Waals surface area contributed by atoms with Crippen LogP contribution in [0.5, 0.6) is 0 Å². The summed E-state index contributed by atoms with van der Waals surface area (Å²) in [5.41, 5.74) is 5.21. The fourth-order valence-corrected chi connectivity index (χ4v) is 2.90. The van der Waals surface area contributed by atoms with Gasteiger partial charge >= 0.3 is 6.18 Å². The van der Waals surface area contributed by atoms with Crippen molar-refractivity contribution in [3.63, 3.8) is 0 Å². The number of oxime groups is 1. The highest BCUT2D eigenvalue weighted by Gasteiger charge is 2.28. The first kappa shape index (κ1) is 18.0. The van der Waals surface area contributed by atoms with Gasteiger partial charge in [-0.1, -0.05) is 12.1 Å². The molecule has 0 amide bonds. The second kappa shape index (κ2) is 7.53. The molecule has 19 heavy (non-hydrogen) atoms. The largest absolute Gasteiger partial charge is 0.409 e. The van der Waals surface area contributed by atoms with Gasteiger partial charge in [0.2, 0.25) is 10.0 Å². The Labute approximate surface area is 110 Å². The van der Waals surface area contributed by atoms with Crippen LogP contribution in [0.2, 0.25) is 0 Å². The number of sulfonamides is 1. The summed E-state index contributed by atoms with van der Waals surface area (Å²) in [6.07, 6.45) is -5.96. The topological polar surface area (TPSA) is 96.0 Å². The van der Waals surface area contributed by atoms with Gasteiger partial charge in [0.05, 0.1) is 5.75 Å². The molecule has 114 valence electrons. The zero-order chi connectivity index (χ0) is 15.1. The van der Waals surface area contributed by atoms with Crippen molar-refractivity contribution in [1.82, 2.24) is 4.31 Å². The predicted octanol–water partition coefficient (Wildman–Crippen LogP) is 1.12. The van der Waals surface area contributed by atoms with Crippen LogP contribution in [-0.2, 0) is 10.0 Å². The lowest BCUT2D eigenvalue weighted by Crippen LogP contribution is -2.35. The number of hydrogen-bond donors (Lipinski definition) is 2. The van der Waals surface area contributed by atoms with Gasteiger partial charge in [-0.3, -0.25) is 0 Å². The number of amidine groups is 1. The molecular formula is C9H18F3N3O3S. The molecule has 0 aromatic rings. The molecule has 0 rings (SSSR count). The Morgan fingerprint density at radius 2 is 2.00 bits per heavy atom. The average molecular weight is 305 g/mol. The number of halogens is 3. The van der Waals surface area contributed by atoms with Gasteiger partial charge < -0.3 is 10.9 Å². The van der Waals surface area contributed by atoms with Gasteiger partial charge in [0.1, 0.15) is 5.84 Å². The SMILES string of the molecule is CCN(CCC(N)=NO)S(=O)(=O)CCCC(F)(F)F. The summed E-state index contributed by atoms with van der Waals surface area (Å²) < 4.78 is 60.4. The zero-order valence-electron chi connectivity index (χ0n) is 10.5. The van der Waals surface area contributed by atoms with Gasteiger partial charge in [-0.2, -0.15) is 13.2 Å². The van der Waals surface area contributed by atoms with Crippen LogP contribution in [0.3, 0.4) is 0 Å². The Kier molecular flexibility index (Phi) is 7.12. The first-order valence-electron chi connectivity index (χ1n) is 5.63. The highest BCUT2D eigenvalue weighted by molar-refractivity contribution is 7.89. The Bertz CT molecular complexity index is 395. The molecule has 0 saturated heterocycles. The Morgan fingerprint density at radius 1 is 1.42 bits per heavy atom. The molecule has 0 aliphatic carbocycles. The van der Waals surface area contributed by atoms with E-state index in [9.17, 15) is 21.6 Å². The lowest BCUT2D eigenvalue weighted by atomic mass is 10.3. The van der Waals surface area contributed by atoms with E-state index in [1.54, 1.807) is 6.92 Å². The molecule has 3 N–H and O–H groups in total. The smallest absolute Gasteiger partial charge is 0.389 e. The molecule has 0 aliphatic rings. The molecule has 0 unspecified atom stereocenters. The first-order chi connectivity index (χ1) is 8.62. The monoisotopic (exact) mass is 305 g/mol. The van der Waals surface area contributed by atoms with E-state index in [0.29, 0.717) is 0 Å². The second-order valence-electron chi connectivity index (χ2n) is 3.87. The fraction of sp³-hybridized carbons (Fsp3) is 0.889. The third-order valence-electron chi connectivity index (χ3n) is 2.35. The molecule has 0 spiro atoms. The van der Waals surface area contributed by atoms with Gasteiger partial charge in [0.25, 0.3) is 0 Å². The lowest BCUT2D eigenvalue weighted by Gasteiger charge is -2.20. The normalized spacial score (nSPS) is 14.1. The maximum absolute atomic E-state index is 11.9. The summed E-state index contributed by atoms with van der Waals surface area (Å²) in [5, 5.41) is 11.0. The van der Waals surface area contributed by atoms with E-state index in [-0.39, 0.29) is 25.3 Å². The molecule has 0 aromatic carbocycles. The van der Waals surface area contributed by atoms with Crippen LogP contribution >= 0.6 is 0 Å². The van der Waals surface area contributed by atoms with E-state index in [1.165, 1.54) is 0 Å². The van der Waals surface area contributed by atoms with Crippen molar-refractivity contribution in [2.45, 2.75) is 32.4 Å². The van der Waals surface area contributed by atoms with E-state index in [4.69, 9.17) is 10.9 Å². The standard InChI is InChI=1S/C9H18F3N3O3S/c1-2-15(6-4-8(13)14-16)19(17,18)7-3-5-9(10,11)12/h16H,2-7H2,1H3,(H2,13,14). The van der Waals surface area contributed by atoms with Gasteiger partial charge in [-0.05, 0) is 6.42 Å². The van der Waals surface area contributed by atoms with Crippen LogP contribution in [0, 0.1) is 0 Å². The molecule has 0 aromatic heterocycles. The molecule has 0 fully saturated rings. The summed E-state index contributed by atoms with van der Waals surface area (Å²) in [6, 6.07) is 0. The van der Waals surface area contributed by atoms with Crippen molar-refractivity contribution >= 4 is 15.9 Å². The minimum absolute atomic E-state index is 0.0167. The number of nitrogens with two attached hydrogens (primary N) is 1. The van der Waals surface area contributed by atoms with Gasteiger partial charge in [-0.15, -0.1) is 0 Å². The number of nitrogens with zero attached hydrogens (tertiary/aromatic N) is 2. The van der Waals surface area contributed by atoms with Crippen molar-refractivity contribution in [2.24, 2.45) is 10.9 Å². The zero-order valence-corrected chi connectivity index (χ0v) is 11.3. The van der Waals surface area contributed by atoms with Crippen molar-refractivity contribution < 1.29 is 26.8 Å². The highest BCUT2D eigenvalue weighted by Crippen LogP contribution is 2.22. The number of rotatable bonds is 8. The summed E-state index contributed by atoms with van der Waals surface area (Å²) in [7, 11) is -3.76. The third kappa shape index (κ3) is 7.88. The average Bonchev–Trinajstić information content (AvgIpc) is 2.26. The third-order valence-corrected chi connectivity index (χ3v) is 4.39. The highest BCUT2D eigenvalue weighted by atomic mass is 32.2. The number of alkyl halides is 3. The summed E-state index contributed by atoms with van der Waals surface area (Å²) in [4.78, 5) is 0. The lowest BCUT2D eigenvalue weighted by molar-refractivity contribution is -0.134. The van der Waals surface area contributed by atoms with Crippen LogP contribution in [0.1, 0.15) is 26.2 Å². The van der Waals surface area contributed by atoms with E-state index in [1.807, 2.05) is 0 Å². The summed E-state index contributed by atoms with van der Waals surface area (Å²) >= 11 is 0. The van der Waals surface area contributed by atoms with Crippen molar-refractivity contribution in [3.8, 4) is 0 Å². The fourth-order valence-electron chi connectivity index (χ4n) is 1.37. The minimum Gasteiger partial charge on any atom is -0.409 e. The van der Waals surface area contributed by atoms with Crippen LogP contribution in [0.4, 0.5) is 13.2 Å². The van der Waals surface area contributed by atoms with E-state index >= 15 is 0 Å². The van der Waals surface area contributed by atoms with Gasteiger partial charge in [0, 0.05) is 25.9 Å². The Morgan fingerprint density at radius 3 is 2.42 bits per heavy atom. The van der Waals surface area contributed by atoms with Crippen LogP contribution < -0.4 is 5.73 Å². The Balaban J connectivity index is 4.41. The predicted molar refractivity (Wildman–Crippen MR) is 64.3 cm³/mol. The number of hydrogen-bond acceptors (Lipinski definition) is 4. The van der Waals surface area contributed by atoms with E-state index in [0.717, 1.165) is 4.31 Å². The molecule has 0 saturated carbocycles. The molecular weight excluding hydrogens is 287 g/mol. The summed E-state index contributed by atoms with van der Waals surface area (Å²) in [6.45, 7) is 1.65. The van der Waals surface area contributed by atoms with Gasteiger partial charge in [0.15, 0.2) is 0 Å². The molecule has 0 heterocycles. The quantitative estimate of drug-likeness (QED) is 0.304. The van der Waals surface area contributed by atoms with Crippen molar-refractivity contribution in [3.05, 3.63) is 0 Å². The molecule has 6 nitrogen and oxygen atoms in total. The molecule has 0 atom stereocenters. The molecule has 0 radical (unpaired) electrons. The van der Waals surface area contributed by atoms with Crippen molar-refractivity contribution in [2.75, 3.05) is 18.8 Å². The van der Waals surface area contributed by atoms with Gasteiger partial charge in [-0.25, -0.2) is 12.7 Å². The van der Waals surface area contributed by atoms with E-state index in [2.05, 4.69) is 5.16 Å². The van der Waals surface area contributed by atoms with Crippen molar-refractivity contribution in [1.29, 1.82) is 0 Å². The minimum atomic E-state index is -4.36.